The number of nitrogens with zero attached hydrogens (tertiary/aromatic N) is 2. The Morgan fingerprint density at radius 2 is 2.00 bits per heavy atom. The first-order chi connectivity index (χ1) is 12.4. The Morgan fingerprint density at radius 1 is 1.27 bits per heavy atom. The zero-order valence-electron chi connectivity index (χ0n) is 15.5. The summed E-state index contributed by atoms with van der Waals surface area (Å²) in [4.78, 5) is 28.5. The summed E-state index contributed by atoms with van der Waals surface area (Å²) < 4.78 is 19.8. The molecule has 1 heterocycles. The third kappa shape index (κ3) is 4.81. The van der Waals surface area contributed by atoms with Gasteiger partial charge in [-0.1, -0.05) is 32.0 Å². The van der Waals surface area contributed by atoms with Crippen molar-refractivity contribution in [1.29, 1.82) is 0 Å². The molecule has 1 atom stereocenters. The molecule has 5 nitrogen and oxygen atoms in total. The van der Waals surface area contributed by atoms with Crippen molar-refractivity contribution in [3.05, 3.63) is 35.6 Å². The highest BCUT2D eigenvalue weighted by molar-refractivity contribution is 5.87. The van der Waals surface area contributed by atoms with Crippen molar-refractivity contribution in [2.45, 2.75) is 39.4 Å². The Kier molecular flexibility index (Phi) is 5.91. The van der Waals surface area contributed by atoms with Gasteiger partial charge < -0.3 is 14.5 Å². The number of hydrogen-bond donors (Lipinski definition) is 0. The summed E-state index contributed by atoms with van der Waals surface area (Å²) in [5.41, 5.74) is 0.485. The minimum absolute atomic E-state index is 0.0373. The van der Waals surface area contributed by atoms with Gasteiger partial charge in [0, 0.05) is 31.1 Å². The topological polar surface area (TPSA) is 49.9 Å². The van der Waals surface area contributed by atoms with Crippen LogP contribution in [0.1, 0.15) is 32.3 Å². The normalized spacial score (nSPS) is 21.2. The van der Waals surface area contributed by atoms with Crippen molar-refractivity contribution in [3.8, 4) is 0 Å². The van der Waals surface area contributed by atoms with E-state index in [2.05, 4.69) is 13.8 Å². The number of rotatable bonds is 6. The summed E-state index contributed by atoms with van der Waals surface area (Å²) in [7, 11) is 0. The van der Waals surface area contributed by atoms with Gasteiger partial charge in [0.1, 0.15) is 5.82 Å². The van der Waals surface area contributed by atoms with E-state index in [0.717, 1.165) is 12.8 Å². The molecule has 26 heavy (non-hydrogen) atoms. The van der Waals surface area contributed by atoms with E-state index in [0.29, 0.717) is 31.1 Å². The molecule has 2 amide bonds. The van der Waals surface area contributed by atoms with Crippen LogP contribution in [0.3, 0.4) is 0 Å². The third-order valence-electron chi connectivity index (χ3n) is 4.78. The van der Waals surface area contributed by atoms with E-state index in [1.807, 2.05) is 0 Å². The second-order valence-electron chi connectivity index (χ2n) is 7.71. The molecular formula is C20H27FN2O3. The Morgan fingerprint density at radius 3 is 2.65 bits per heavy atom. The van der Waals surface area contributed by atoms with Gasteiger partial charge in [0.15, 0.2) is 0 Å². The van der Waals surface area contributed by atoms with Gasteiger partial charge in [-0.05, 0) is 24.8 Å². The molecule has 1 saturated carbocycles. The fourth-order valence-corrected chi connectivity index (χ4v) is 3.28. The van der Waals surface area contributed by atoms with Gasteiger partial charge in [-0.25, -0.2) is 4.39 Å². The summed E-state index contributed by atoms with van der Waals surface area (Å²) >= 11 is 0. The lowest BCUT2D eigenvalue weighted by molar-refractivity contribution is -0.139. The molecule has 2 fully saturated rings. The average Bonchev–Trinajstić information content (AvgIpc) is 3.43. The molecule has 0 aromatic heterocycles. The SMILES string of the molecule is CC(C)CN1C[C@@H](OCc2ccccc2F)CN(C(=O)C2CC2)CC1=O. The lowest BCUT2D eigenvalue weighted by atomic mass is 10.2. The van der Waals surface area contributed by atoms with E-state index in [1.165, 1.54) is 6.07 Å². The number of hydrogen-bond acceptors (Lipinski definition) is 3. The average molecular weight is 362 g/mol. The molecule has 1 aromatic rings. The molecule has 3 rings (SSSR count). The smallest absolute Gasteiger partial charge is 0.242 e. The highest BCUT2D eigenvalue weighted by atomic mass is 19.1. The molecule has 0 bridgehead atoms. The number of ether oxygens (including phenoxy) is 1. The molecule has 0 unspecified atom stereocenters. The van der Waals surface area contributed by atoms with Crippen molar-refractivity contribution < 1.29 is 18.7 Å². The molecule has 0 N–H and O–H groups in total. The fraction of sp³-hybridized carbons (Fsp3) is 0.600. The van der Waals surface area contributed by atoms with Crippen molar-refractivity contribution in [2.24, 2.45) is 11.8 Å². The number of benzene rings is 1. The second-order valence-corrected chi connectivity index (χ2v) is 7.71. The standard InChI is InChI=1S/C20H27FN2O3/c1-14(2)9-22-10-17(26-13-16-5-3-4-6-18(16)21)11-23(12-19(22)24)20(25)15-7-8-15/h3-6,14-15,17H,7-13H2,1-2H3/t17-/m1/s1. The molecule has 1 aliphatic carbocycles. The van der Waals surface area contributed by atoms with Crippen LogP contribution in [0, 0.1) is 17.7 Å². The number of carbonyl (C=O) groups is 2. The van der Waals surface area contributed by atoms with Crippen LogP contribution in [0.15, 0.2) is 24.3 Å². The predicted molar refractivity (Wildman–Crippen MR) is 95.7 cm³/mol. The Bertz CT molecular complexity index is 660. The Labute approximate surface area is 154 Å². The van der Waals surface area contributed by atoms with Crippen LogP contribution in [0.4, 0.5) is 4.39 Å². The first-order valence-electron chi connectivity index (χ1n) is 9.35. The van der Waals surface area contributed by atoms with Crippen LogP contribution in [-0.2, 0) is 20.9 Å². The fourth-order valence-electron chi connectivity index (χ4n) is 3.28. The first kappa shape index (κ1) is 18.8. The zero-order valence-corrected chi connectivity index (χ0v) is 15.5. The number of carbonyl (C=O) groups excluding carboxylic acids is 2. The van der Waals surface area contributed by atoms with E-state index in [-0.39, 0.29) is 42.8 Å². The third-order valence-corrected chi connectivity index (χ3v) is 4.78. The zero-order chi connectivity index (χ0) is 18.7. The van der Waals surface area contributed by atoms with Gasteiger partial charge in [0.25, 0.3) is 0 Å². The molecule has 1 aromatic carbocycles. The summed E-state index contributed by atoms with van der Waals surface area (Å²) in [6.07, 6.45) is 1.49. The minimum atomic E-state index is -0.317. The summed E-state index contributed by atoms with van der Waals surface area (Å²) in [5, 5.41) is 0. The summed E-state index contributed by atoms with van der Waals surface area (Å²) in [5.74, 6) is 0.0968. The maximum Gasteiger partial charge on any atom is 0.242 e. The maximum absolute atomic E-state index is 13.8. The Hall–Kier alpha value is -1.95. The van der Waals surface area contributed by atoms with Gasteiger partial charge in [0.05, 0.1) is 19.3 Å². The van der Waals surface area contributed by atoms with Crippen LogP contribution in [0.2, 0.25) is 0 Å². The lowest BCUT2D eigenvalue weighted by Gasteiger charge is -2.26. The molecule has 0 radical (unpaired) electrons. The van der Waals surface area contributed by atoms with Gasteiger partial charge in [0.2, 0.25) is 11.8 Å². The maximum atomic E-state index is 13.8. The molecule has 1 aliphatic heterocycles. The van der Waals surface area contributed by atoms with Crippen molar-refractivity contribution in [3.63, 3.8) is 0 Å². The van der Waals surface area contributed by atoms with E-state index >= 15 is 0 Å². The van der Waals surface area contributed by atoms with Gasteiger partial charge in [-0.15, -0.1) is 0 Å². The van der Waals surface area contributed by atoms with Crippen molar-refractivity contribution in [1.82, 2.24) is 9.80 Å². The van der Waals surface area contributed by atoms with E-state index in [1.54, 1.807) is 28.0 Å². The Balaban J connectivity index is 1.70. The van der Waals surface area contributed by atoms with E-state index < -0.39 is 0 Å². The quantitative estimate of drug-likeness (QED) is 0.781. The summed E-state index contributed by atoms with van der Waals surface area (Å²) in [6, 6.07) is 6.51. The second kappa shape index (κ2) is 8.16. The van der Waals surface area contributed by atoms with Crippen LogP contribution >= 0.6 is 0 Å². The van der Waals surface area contributed by atoms with E-state index in [4.69, 9.17) is 4.74 Å². The lowest BCUT2D eigenvalue weighted by Crippen LogP contribution is -2.41. The highest BCUT2D eigenvalue weighted by Crippen LogP contribution is 2.31. The molecule has 142 valence electrons. The van der Waals surface area contributed by atoms with Gasteiger partial charge in [-0.3, -0.25) is 9.59 Å². The minimum Gasteiger partial charge on any atom is -0.370 e. The largest absolute Gasteiger partial charge is 0.370 e. The van der Waals surface area contributed by atoms with Crippen LogP contribution in [0.25, 0.3) is 0 Å². The van der Waals surface area contributed by atoms with Gasteiger partial charge >= 0.3 is 0 Å². The van der Waals surface area contributed by atoms with Crippen LogP contribution in [0.5, 0.6) is 0 Å². The molecule has 0 spiro atoms. The highest BCUT2D eigenvalue weighted by Gasteiger charge is 2.38. The predicted octanol–water partition coefficient (Wildman–Crippen LogP) is 2.45. The van der Waals surface area contributed by atoms with Crippen molar-refractivity contribution in [2.75, 3.05) is 26.2 Å². The molecule has 1 saturated heterocycles. The van der Waals surface area contributed by atoms with Gasteiger partial charge in [-0.2, -0.15) is 0 Å². The van der Waals surface area contributed by atoms with Crippen LogP contribution in [-0.4, -0.2) is 53.9 Å². The number of halogens is 1. The van der Waals surface area contributed by atoms with Crippen molar-refractivity contribution >= 4 is 11.8 Å². The molecule has 2 aliphatic rings. The van der Waals surface area contributed by atoms with E-state index in [9.17, 15) is 14.0 Å². The number of amides is 2. The molecule has 6 heteroatoms. The van der Waals surface area contributed by atoms with Crippen LogP contribution < -0.4 is 0 Å². The monoisotopic (exact) mass is 362 g/mol. The first-order valence-corrected chi connectivity index (χ1v) is 9.35. The molecular weight excluding hydrogens is 335 g/mol. The summed E-state index contributed by atoms with van der Waals surface area (Å²) in [6.45, 7) is 5.79.